The molecule has 3 aliphatic heterocycles. The van der Waals surface area contributed by atoms with Gasteiger partial charge in [0.1, 0.15) is 11.8 Å². The minimum Gasteiger partial charge on any atom is -0.463 e. The third-order valence-electron chi connectivity index (χ3n) is 11.0. The lowest BCUT2D eigenvalue weighted by atomic mass is 9.86. The molecule has 306 valence electrons. The highest BCUT2D eigenvalue weighted by Crippen LogP contribution is 2.45. The predicted octanol–water partition coefficient (Wildman–Crippen LogP) is 5.58. The highest BCUT2D eigenvalue weighted by molar-refractivity contribution is 7.78. The number of hydrogen-bond donors (Lipinski definition) is 1. The Morgan fingerprint density at radius 1 is 0.931 bits per heavy atom. The van der Waals surface area contributed by atoms with Crippen LogP contribution in [0.25, 0.3) is 11.1 Å². The maximum atomic E-state index is 14.8. The Balaban J connectivity index is 1.28. The number of carbonyl (C=O) groups excluding carboxylic acids is 3. The lowest BCUT2D eigenvalue weighted by molar-refractivity contribution is -0.306. The van der Waals surface area contributed by atoms with E-state index < -0.39 is 52.1 Å². The number of fused-ring (bicyclic) bond motifs is 3. The summed E-state index contributed by atoms with van der Waals surface area (Å²) in [5.41, 5.74) is 1.16. The SMILES string of the molecule is CCOC(=O)C(CC)(OC(=O)C1Cc2ccccc2CN1S(=O)Oc1ccc(-c2ccccc2)cc1)c1cc2n(c(=O)c1CNC(C)=O)CCC21OCC(C)(C)CO1. The molecule has 0 bridgehead atoms. The number of nitrogens with one attached hydrogen (secondary N) is 1. The highest BCUT2D eigenvalue weighted by Gasteiger charge is 2.53. The number of pyridine rings is 1. The van der Waals surface area contributed by atoms with Gasteiger partial charge in [-0.15, -0.1) is 0 Å². The van der Waals surface area contributed by atoms with Crippen LogP contribution in [0.2, 0.25) is 0 Å². The summed E-state index contributed by atoms with van der Waals surface area (Å²) < 4.78 is 47.9. The predicted molar refractivity (Wildman–Crippen MR) is 215 cm³/mol. The molecule has 3 atom stereocenters. The number of hydrogen-bond acceptors (Lipinski definition) is 10. The Bertz CT molecular complexity index is 2270. The maximum absolute atomic E-state index is 14.8. The standard InChI is InChI=1S/C44H49N3O10S/c1-6-43(41(51)53-7-2,36-24-38-44(54-27-42(4,5)28-55-44)21-22-46(38)39(49)35(36)25-45-29(3)48)56-40(50)37-23-32-15-11-12-16-33(32)26-47(37)58(52)57-34-19-17-31(18-20-34)30-13-9-8-10-14-30/h8-20,24,37H,6-7,21-23,25-28H2,1-5H3,(H,45,48). The number of benzene rings is 3. The molecule has 1 saturated heterocycles. The van der Waals surface area contributed by atoms with E-state index in [1.54, 1.807) is 32.0 Å². The molecular formula is C44H49N3O10S. The molecule has 7 rings (SSSR count). The third kappa shape index (κ3) is 7.98. The fourth-order valence-corrected chi connectivity index (χ4v) is 8.76. The summed E-state index contributed by atoms with van der Waals surface area (Å²) in [6.07, 6.45) is 0.273. The Morgan fingerprint density at radius 3 is 2.24 bits per heavy atom. The molecule has 1 aromatic heterocycles. The van der Waals surface area contributed by atoms with Crippen LogP contribution in [0.5, 0.6) is 5.75 Å². The number of carbonyl (C=O) groups is 3. The van der Waals surface area contributed by atoms with E-state index in [4.69, 9.17) is 23.1 Å². The Kier molecular flexibility index (Phi) is 11.7. The van der Waals surface area contributed by atoms with E-state index in [1.165, 1.54) is 15.8 Å². The van der Waals surface area contributed by atoms with Gasteiger partial charge >= 0.3 is 11.9 Å². The lowest BCUT2D eigenvalue weighted by Crippen LogP contribution is -2.52. The normalized spacial score (nSPS) is 19.6. The summed E-state index contributed by atoms with van der Waals surface area (Å²) in [7, 11) is 0. The van der Waals surface area contributed by atoms with Crippen molar-refractivity contribution in [2.45, 2.75) is 90.9 Å². The van der Waals surface area contributed by atoms with Crippen LogP contribution in [0, 0.1) is 5.41 Å². The number of amides is 1. The number of aromatic nitrogens is 1. The van der Waals surface area contributed by atoms with Gasteiger partial charge in [0.15, 0.2) is 0 Å². The molecule has 13 nitrogen and oxygen atoms in total. The Morgan fingerprint density at radius 2 is 1.59 bits per heavy atom. The van der Waals surface area contributed by atoms with E-state index in [-0.39, 0.29) is 55.6 Å². The Labute approximate surface area is 340 Å². The summed E-state index contributed by atoms with van der Waals surface area (Å²) in [6.45, 7) is 9.35. The summed E-state index contributed by atoms with van der Waals surface area (Å²) in [5.74, 6) is -3.16. The van der Waals surface area contributed by atoms with Crippen molar-refractivity contribution in [1.29, 1.82) is 0 Å². The molecule has 1 spiro atoms. The van der Waals surface area contributed by atoms with Gasteiger partial charge in [0.25, 0.3) is 16.8 Å². The molecule has 0 aliphatic carbocycles. The van der Waals surface area contributed by atoms with Gasteiger partial charge in [-0.3, -0.25) is 14.4 Å². The highest BCUT2D eigenvalue weighted by atomic mass is 32.2. The van der Waals surface area contributed by atoms with Crippen molar-refractivity contribution >= 4 is 29.1 Å². The zero-order valence-electron chi connectivity index (χ0n) is 33.4. The van der Waals surface area contributed by atoms with E-state index in [0.717, 1.165) is 22.3 Å². The fraction of sp³-hybridized carbons (Fsp3) is 0.409. The molecule has 3 aromatic carbocycles. The van der Waals surface area contributed by atoms with Crippen molar-refractivity contribution in [3.05, 3.63) is 123 Å². The molecule has 58 heavy (non-hydrogen) atoms. The van der Waals surface area contributed by atoms with Crippen molar-refractivity contribution in [2.75, 3.05) is 19.8 Å². The summed E-state index contributed by atoms with van der Waals surface area (Å²) in [6, 6.07) is 24.9. The average molecular weight is 812 g/mol. The van der Waals surface area contributed by atoms with Crippen LogP contribution < -0.4 is 15.1 Å². The minimum absolute atomic E-state index is 0.0451. The van der Waals surface area contributed by atoms with Gasteiger partial charge in [-0.1, -0.05) is 87.5 Å². The Hall–Kier alpha value is -5.15. The molecule has 3 unspecified atom stereocenters. The number of esters is 2. The molecule has 3 aliphatic rings. The number of ether oxygens (including phenoxy) is 4. The quantitative estimate of drug-likeness (QED) is 0.180. The van der Waals surface area contributed by atoms with E-state index in [0.29, 0.717) is 31.1 Å². The molecule has 0 saturated carbocycles. The van der Waals surface area contributed by atoms with Gasteiger partial charge in [-0.25, -0.2) is 4.79 Å². The number of nitrogens with zero attached hydrogens (tertiary/aromatic N) is 2. The zero-order chi connectivity index (χ0) is 41.2. The first-order valence-electron chi connectivity index (χ1n) is 19.6. The summed E-state index contributed by atoms with van der Waals surface area (Å²) in [4.78, 5) is 56.0. The van der Waals surface area contributed by atoms with Crippen LogP contribution in [0.15, 0.2) is 89.7 Å². The van der Waals surface area contributed by atoms with E-state index >= 15 is 0 Å². The van der Waals surface area contributed by atoms with Crippen molar-refractivity contribution in [1.82, 2.24) is 14.2 Å². The maximum Gasteiger partial charge on any atom is 0.355 e. The minimum atomic E-state index is -2.20. The molecule has 14 heteroatoms. The lowest BCUT2D eigenvalue weighted by Gasteiger charge is -2.42. The van der Waals surface area contributed by atoms with Gasteiger partial charge < -0.3 is 33.0 Å². The van der Waals surface area contributed by atoms with Gasteiger partial charge in [0.05, 0.1) is 25.5 Å². The second kappa shape index (κ2) is 16.6. The molecule has 4 aromatic rings. The molecule has 1 N–H and O–H groups in total. The second-order valence-corrected chi connectivity index (χ2v) is 16.7. The number of rotatable bonds is 12. The smallest absolute Gasteiger partial charge is 0.355 e. The summed E-state index contributed by atoms with van der Waals surface area (Å²) >= 11 is -2.20. The molecule has 4 heterocycles. The molecule has 1 fully saturated rings. The first kappa shape index (κ1) is 41.0. The van der Waals surface area contributed by atoms with Crippen molar-refractivity contribution in [2.24, 2.45) is 5.41 Å². The van der Waals surface area contributed by atoms with Crippen LogP contribution >= 0.6 is 0 Å². The zero-order valence-corrected chi connectivity index (χ0v) is 34.2. The van der Waals surface area contributed by atoms with E-state index in [1.807, 2.05) is 80.6 Å². The van der Waals surface area contributed by atoms with Crippen LogP contribution in [0.1, 0.15) is 75.4 Å². The topological polar surface area (TPSA) is 152 Å². The average Bonchev–Trinajstić information content (AvgIpc) is 3.58. The van der Waals surface area contributed by atoms with E-state index in [2.05, 4.69) is 5.32 Å². The van der Waals surface area contributed by atoms with Gasteiger partial charge in [-0.2, -0.15) is 8.51 Å². The summed E-state index contributed by atoms with van der Waals surface area (Å²) in [5, 5.41) is 2.70. The first-order valence-corrected chi connectivity index (χ1v) is 20.6. The van der Waals surface area contributed by atoms with Crippen molar-refractivity contribution in [3.8, 4) is 16.9 Å². The third-order valence-corrected chi connectivity index (χ3v) is 12.1. The molecule has 1 amide bonds. The monoisotopic (exact) mass is 811 g/mol. The fourth-order valence-electron chi connectivity index (χ4n) is 7.78. The molecular weight excluding hydrogens is 763 g/mol. The van der Waals surface area contributed by atoms with Gasteiger partial charge in [-0.05, 0) is 53.8 Å². The van der Waals surface area contributed by atoms with Gasteiger partial charge in [0.2, 0.25) is 17.3 Å². The van der Waals surface area contributed by atoms with Crippen molar-refractivity contribution < 1.29 is 41.7 Å². The van der Waals surface area contributed by atoms with Gasteiger partial charge in [0, 0.05) is 55.9 Å². The van der Waals surface area contributed by atoms with Crippen LogP contribution in [0.4, 0.5) is 0 Å². The molecule has 0 radical (unpaired) electrons. The first-order chi connectivity index (χ1) is 27.8. The van der Waals surface area contributed by atoms with Crippen molar-refractivity contribution in [3.63, 3.8) is 0 Å². The second-order valence-electron chi connectivity index (χ2n) is 15.6. The largest absolute Gasteiger partial charge is 0.463 e. The van der Waals surface area contributed by atoms with Crippen LogP contribution in [0.3, 0.4) is 0 Å². The van der Waals surface area contributed by atoms with Crippen LogP contribution in [-0.4, -0.2) is 56.8 Å². The van der Waals surface area contributed by atoms with E-state index in [9.17, 15) is 23.4 Å². The van der Waals surface area contributed by atoms with Crippen LogP contribution in [-0.2, 0) is 82.0 Å².